The lowest BCUT2D eigenvalue weighted by molar-refractivity contribution is 1.06. The summed E-state index contributed by atoms with van der Waals surface area (Å²) in [6.45, 7) is 0. The van der Waals surface area contributed by atoms with E-state index in [1.54, 1.807) is 12.1 Å². The van der Waals surface area contributed by atoms with E-state index in [9.17, 15) is 4.79 Å². The van der Waals surface area contributed by atoms with Crippen LogP contribution in [-0.4, -0.2) is 10.2 Å². The maximum atomic E-state index is 11.3. The fourth-order valence-electron chi connectivity index (χ4n) is 1.07. The molecule has 2 rings (SSSR count). The van der Waals surface area contributed by atoms with Gasteiger partial charge in [0.1, 0.15) is 0 Å². The summed E-state index contributed by atoms with van der Waals surface area (Å²) in [6.07, 6.45) is 1.24. The molecular formula is C8H4BrClN2O. The molecule has 5 heteroatoms. The van der Waals surface area contributed by atoms with Gasteiger partial charge in [-0.3, -0.25) is 9.89 Å². The van der Waals surface area contributed by atoms with E-state index in [1.807, 2.05) is 0 Å². The van der Waals surface area contributed by atoms with Gasteiger partial charge < -0.3 is 0 Å². The van der Waals surface area contributed by atoms with Crippen molar-refractivity contribution in [1.29, 1.82) is 0 Å². The van der Waals surface area contributed by atoms with Gasteiger partial charge in [0.2, 0.25) is 5.43 Å². The number of H-pyrrole nitrogens is 1. The third-order valence-electron chi connectivity index (χ3n) is 1.69. The lowest BCUT2D eigenvalue weighted by Gasteiger charge is -1.98. The lowest BCUT2D eigenvalue weighted by atomic mass is 10.2. The molecule has 2 aromatic rings. The van der Waals surface area contributed by atoms with Crippen LogP contribution in [0.15, 0.2) is 27.6 Å². The first-order valence-electron chi connectivity index (χ1n) is 3.51. The van der Waals surface area contributed by atoms with Crippen molar-refractivity contribution in [2.45, 2.75) is 0 Å². The van der Waals surface area contributed by atoms with E-state index in [0.717, 1.165) is 0 Å². The van der Waals surface area contributed by atoms with E-state index in [4.69, 9.17) is 11.6 Å². The van der Waals surface area contributed by atoms with Crippen molar-refractivity contribution >= 4 is 38.4 Å². The van der Waals surface area contributed by atoms with Gasteiger partial charge in [-0.25, -0.2) is 0 Å². The van der Waals surface area contributed by atoms with Crippen molar-refractivity contribution in [3.63, 3.8) is 0 Å². The SMILES string of the molecule is O=c1cn[nH]c2cc(Cl)c(Br)cc12. The number of benzene rings is 1. The third-order valence-corrected chi connectivity index (χ3v) is 2.89. The molecule has 0 saturated heterocycles. The van der Waals surface area contributed by atoms with E-state index in [-0.39, 0.29) is 5.43 Å². The Kier molecular flexibility index (Phi) is 2.09. The predicted molar refractivity (Wildman–Crippen MR) is 55.1 cm³/mol. The Balaban J connectivity index is 2.97. The summed E-state index contributed by atoms with van der Waals surface area (Å²) >= 11 is 9.09. The van der Waals surface area contributed by atoms with Gasteiger partial charge in [-0.2, -0.15) is 5.10 Å². The standard InChI is InChI=1S/C8H4BrClN2O/c9-5-1-4-7(2-6(5)10)12-11-3-8(4)13/h1-3H,(H,12,13). The van der Waals surface area contributed by atoms with Gasteiger partial charge in [0.05, 0.1) is 16.7 Å². The van der Waals surface area contributed by atoms with Gasteiger partial charge in [0.15, 0.2) is 0 Å². The van der Waals surface area contributed by atoms with E-state index >= 15 is 0 Å². The van der Waals surface area contributed by atoms with Gasteiger partial charge in [-0.1, -0.05) is 11.6 Å². The van der Waals surface area contributed by atoms with Crippen molar-refractivity contribution in [3.8, 4) is 0 Å². The van der Waals surface area contributed by atoms with Crippen LogP contribution in [0.4, 0.5) is 0 Å². The minimum absolute atomic E-state index is 0.119. The predicted octanol–water partition coefficient (Wildman–Crippen LogP) is 2.34. The summed E-state index contributed by atoms with van der Waals surface area (Å²) < 4.78 is 0.707. The lowest BCUT2D eigenvalue weighted by Crippen LogP contribution is -2.02. The highest BCUT2D eigenvalue weighted by Crippen LogP contribution is 2.25. The molecule has 1 aromatic heterocycles. The van der Waals surface area contributed by atoms with E-state index < -0.39 is 0 Å². The fourth-order valence-corrected chi connectivity index (χ4v) is 1.58. The monoisotopic (exact) mass is 258 g/mol. The van der Waals surface area contributed by atoms with Gasteiger partial charge in [-0.15, -0.1) is 0 Å². The Morgan fingerprint density at radius 1 is 1.46 bits per heavy atom. The number of rotatable bonds is 0. The molecule has 0 fully saturated rings. The number of nitrogens with one attached hydrogen (secondary N) is 1. The quantitative estimate of drug-likeness (QED) is 0.789. The van der Waals surface area contributed by atoms with Gasteiger partial charge >= 0.3 is 0 Å². The molecular weight excluding hydrogens is 255 g/mol. The normalized spacial score (nSPS) is 10.6. The second-order valence-corrected chi connectivity index (χ2v) is 3.81. The van der Waals surface area contributed by atoms with Crippen LogP contribution in [0.1, 0.15) is 0 Å². The van der Waals surface area contributed by atoms with Crippen molar-refractivity contribution in [2.75, 3.05) is 0 Å². The summed E-state index contributed by atoms with van der Waals surface area (Å²) in [7, 11) is 0. The van der Waals surface area contributed by atoms with Crippen LogP contribution in [0.5, 0.6) is 0 Å². The number of aromatic amines is 1. The topological polar surface area (TPSA) is 45.8 Å². The summed E-state index contributed by atoms with van der Waals surface area (Å²) in [5.41, 5.74) is 0.520. The number of aromatic nitrogens is 2. The van der Waals surface area contributed by atoms with Crippen molar-refractivity contribution in [3.05, 3.63) is 38.0 Å². The largest absolute Gasteiger partial charge is 0.287 e. The maximum absolute atomic E-state index is 11.3. The first-order valence-corrected chi connectivity index (χ1v) is 4.68. The molecule has 0 atom stereocenters. The smallest absolute Gasteiger partial charge is 0.207 e. The van der Waals surface area contributed by atoms with Gasteiger partial charge in [0.25, 0.3) is 0 Å². The number of hydrogen-bond acceptors (Lipinski definition) is 2. The molecule has 0 unspecified atom stereocenters. The second-order valence-electron chi connectivity index (χ2n) is 2.55. The number of nitrogens with zero attached hydrogens (tertiary/aromatic N) is 1. The van der Waals surface area contributed by atoms with Crippen LogP contribution >= 0.6 is 27.5 Å². The minimum atomic E-state index is -0.119. The zero-order chi connectivity index (χ0) is 9.42. The van der Waals surface area contributed by atoms with Crippen LogP contribution in [0, 0.1) is 0 Å². The number of fused-ring (bicyclic) bond motifs is 1. The number of halogens is 2. The summed E-state index contributed by atoms with van der Waals surface area (Å²) in [4.78, 5) is 11.3. The molecule has 0 aliphatic carbocycles. The van der Waals surface area contributed by atoms with Crippen LogP contribution in [0.3, 0.4) is 0 Å². The van der Waals surface area contributed by atoms with Crippen molar-refractivity contribution in [2.24, 2.45) is 0 Å². The molecule has 0 spiro atoms. The molecule has 13 heavy (non-hydrogen) atoms. The zero-order valence-electron chi connectivity index (χ0n) is 6.34. The van der Waals surface area contributed by atoms with Crippen LogP contribution in [0.2, 0.25) is 5.02 Å². The Bertz CT molecular complexity index is 523. The Morgan fingerprint density at radius 2 is 2.23 bits per heavy atom. The molecule has 0 saturated carbocycles. The van der Waals surface area contributed by atoms with Crippen molar-refractivity contribution in [1.82, 2.24) is 10.2 Å². The highest BCUT2D eigenvalue weighted by Gasteiger charge is 2.03. The first kappa shape index (κ1) is 8.72. The van der Waals surface area contributed by atoms with Gasteiger partial charge in [-0.05, 0) is 28.1 Å². The second kappa shape index (κ2) is 3.12. The summed E-state index contributed by atoms with van der Waals surface area (Å²) in [5.74, 6) is 0. The average Bonchev–Trinajstić information content (AvgIpc) is 2.09. The minimum Gasteiger partial charge on any atom is -0.287 e. The summed E-state index contributed by atoms with van der Waals surface area (Å²) in [5, 5.41) is 7.50. The Labute approximate surface area is 86.9 Å². The molecule has 3 nitrogen and oxygen atoms in total. The van der Waals surface area contributed by atoms with E-state index in [1.165, 1.54) is 6.20 Å². The molecule has 66 valence electrons. The highest BCUT2D eigenvalue weighted by atomic mass is 79.9. The Hall–Kier alpha value is -0.870. The summed E-state index contributed by atoms with van der Waals surface area (Å²) in [6, 6.07) is 3.34. The molecule has 0 radical (unpaired) electrons. The van der Waals surface area contributed by atoms with Crippen LogP contribution in [-0.2, 0) is 0 Å². The third kappa shape index (κ3) is 1.47. The molecule has 0 aliphatic heterocycles. The fraction of sp³-hybridized carbons (Fsp3) is 0. The molecule has 0 bridgehead atoms. The maximum Gasteiger partial charge on any atom is 0.207 e. The van der Waals surface area contributed by atoms with Crippen molar-refractivity contribution < 1.29 is 0 Å². The highest BCUT2D eigenvalue weighted by molar-refractivity contribution is 9.10. The van der Waals surface area contributed by atoms with E-state index in [0.29, 0.717) is 20.4 Å². The van der Waals surface area contributed by atoms with Crippen LogP contribution < -0.4 is 5.43 Å². The van der Waals surface area contributed by atoms with Crippen LogP contribution in [0.25, 0.3) is 10.9 Å². The average molecular weight is 259 g/mol. The zero-order valence-corrected chi connectivity index (χ0v) is 8.69. The molecule has 1 N–H and O–H groups in total. The number of hydrogen-bond donors (Lipinski definition) is 1. The Morgan fingerprint density at radius 3 is 3.00 bits per heavy atom. The molecule has 0 aliphatic rings. The van der Waals surface area contributed by atoms with Gasteiger partial charge in [0, 0.05) is 9.86 Å². The first-order chi connectivity index (χ1) is 6.18. The van der Waals surface area contributed by atoms with E-state index in [2.05, 4.69) is 26.1 Å². The molecule has 1 aromatic carbocycles. The molecule has 1 heterocycles. The molecule has 0 amide bonds.